The molecule has 0 bridgehead atoms. The molecule has 0 spiro atoms. The predicted octanol–water partition coefficient (Wildman–Crippen LogP) is 2.60. The van der Waals surface area contributed by atoms with E-state index in [0.29, 0.717) is 30.7 Å². The molecule has 1 fully saturated rings. The van der Waals surface area contributed by atoms with E-state index in [1.54, 1.807) is 6.07 Å². The third-order valence-electron chi connectivity index (χ3n) is 3.35. The van der Waals surface area contributed by atoms with E-state index in [0.717, 1.165) is 5.56 Å². The molecule has 0 aliphatic heterocycles. The van der Waals surface area contributed by atoms with Gasteiger partial charge in [-0.25, -0.2) is 4.39 Å². The summed E-state index contributed by atoms with van der Waals surface area (Å²) in [4.78, 5) is 4.11. The summed E-state index contributed by atoms with van der Waals surface area (Å²) in [5.41, 5.74) is 0.915. The lowest BCUT2D eigenvalue weighted by Gasteiger charge is -2.07. The molecular formula is C15H18FN3O2. The van der Waals surface area contributed by atoms with Gasteiger partial charge in [-0.2, -0.15) is 4.98 Å². The van der Waals surface area contributed by atoms with Crippen molar-refractivity contribution in [3.05, 3.63) is 41.3 Å². The standard InChI is InChI=1S/C15H18FN3O2/c1-2-14-18-15(21-19-14)9-20-13-6-3-10(7-12(13)16)8-17-11-4-5-11/h3,6-7,11,17H,2,4-5,8-9H2,1H3. The van der Waals surface area contributed by atoms with Crippen LogP contribution < -0.4 is 10.1 Å². The second-order valence-corrected chi connectivity index (χ2v) is 5.17. The summed E-state index contributed by atoms with van der Waals surface area (Å²) in [5.74, 6) is 0.794. The molecule has 1 heterocycles. The van der Waals surface area contributed by atoms with Crippen molar-refractivity contribution in [2.75, 3.05) is 0 Å². The maximum Gasteiger partial charge on any atom is 0.264 e. The second-order valence-electron chi connectivity index (χ2n) is 5.17. The minimum atomic E-state index is -0.375. The minimum absolute atomic E-state index is 0.0730. The van der Waals surface area contributed by atoms with E-state index in [-0.39, 0.29) is 18.2 Å². The van der Waals surface area contributed by atoms with Crippen molar-refractivity contribution in [1.82, 2.24) is 15.5 Å². The van der Waals surface area contributed by atoms with Gasteiger partial charge in [0.1, 0.15) is 0 Å². The number of nitrogens with one attached hydrogen (secondary N) is 1. The number of nitrogens with zero attached hydrogens (tertiary/aromatic N) is 2. The van der Waals surface area contributed by atoms with E-state index < -0.39 is 0 Å². The molecule has 1 aromatic heterocycles. The molecule has 3 rings (SSSR count). The quantitative estimate of drug-likeness (QED) is 0.849. The van der Waals surface area contributed by atoms with Crippen molar-refractivity contribution in [2.45, 2.75) is 45.4 Å². The first-order valence-corrected chi connectivity index (χ1v) is 7.20. The molecule has 2 aromatic rings. The molecule has 1 aliphatic rings. The Morgan fingerprint density at radius 2 is 2.29 bits per heavy atom. The SMILES string of the molecule is CCc1noc(COc2ccc(CNC3CC3)cc2F)n1. The van der Waals surface area contributed by atoms with Crippen LogP contribution in [0, 0.1) is 5.82 Å². The fourth-order valence-electron chi connectivity index (χ4n) is 1.95. The highest BCUT2D eigenvalue weighted by Gasteiger charge is 2.20. The first-order valence-electron chi connectivity index (χ1n) is 7.20. The highest BCUT2D eigenvalue weighted by molar-refractivity contribution is 5.29. The van der Waals surface area contributed by atoms with Crippen LogP contribution >= 0.6 is 0 Å². The van der Waals surface area contributed by atoms with Gasteiger partial charge in [0.15, 0.2) is 24.0 Å². The Kier molecular flexibility index (Phi) is 4.15. The minimum Gasteiger partial charge on any atom is -0.481 e. The molecule has 112 valence electrons. The Hall–Kier alpha value is -1.95. The highest BCUT2D eigenvalue weighted by Crippen LogP contribution is 2.22. The summed E-state index contributed by atoms with van der Waals surface area (Å²) in [6.45, 7) is 2.69. The van der Waals surface area contributed by atoms with Crippen LogP contribution in [0.2, 0.25) is 0 Å². The van der Waals surface area contributed by atoms with Gasteiger partial charge >= 0.3 is 0 Å². The summed E-state index contributed by atoms with van der Waals surface area (Å²) >= 11 is 0. The molecule has 0 unspecified atom stereocenters. The first-order chi connectivity index (χ1) is 10.2. The summed E-state index contributed by atoms with van der Waals surface area (Å²) in [5, 5.41) is 7.11. The van der Waals surface area contributed by atoms with E-state index in [1.165, 1.54) is 18.9 Å². The van der Waals surface area contributed by atoms with E-state index in [9.17, 15) is 4.39 Å². The smallest absolute Gasteiger partial charge is 0.264 e. The number of aryl methyl sites for hydroxylation is 1. The average Bonchev–Trinajstić information content (AvgIpc) is 3.21. The van der Waals surface area contributed by atoms with Gasteiger partial charge in [0.25, 0.3) is 5.89 Å². The van der Waals surface area contributed by atoms with Crippen molar-refractivity contribution < 1.29 is 13.7 Å². The van der Waals surface area contributed by atoms with Crippen molar-refractivity contribution in [2.24, 2.45) is 0 Å². The third kappa shape index (κ3) is 3.78. The molecule has 6 heteroatoms. The van der Waals surface area contributed by atoms with Crippen molar-refractivity contribution in [3.63, 3.8) is 0 Å². The van der Waals surface area contributed by atoms with E-state index in [1.807, 2.05) is 13.0 Å². The number of aromatic nitrogens is 2. The van der Waals surface area contributed by atoms with Crippen molar-refractivity contribution >= 4 is 0 Å². The fourth-order valence-corrected chi connectivity index (χ4v) is 1.95. The zero-order chi connectivity index (χ0) is 14.7. The number of rotatable bonds is 7. The van der Waals surface area contributed by atoms with E-state index in [2.05, 4.69) is 15.5 Å². The Bertz CT molecular complexity index is 611. The lowest BCUT2D eigenvalue weighted by molar-refractivity contribution is 0.234. The van der Waals surface area contributed by atoms with Crippen molar-refractivity contribution in [1.29, 1.82) is 0 Å². The Morgan fingerprint density at radius 3 is 2.95 bits per heavy atom. The first kappa shape index (κ1) is 14.0. The van der Waals surface area contributed by atoms with Crippen molar-refractivity contribution in [3.8, 4) is 5.75 Å². The second kappa shape index (κ2) is 6.22. The van der Waals surface area contributed by atoms with Gasteiger partial charge in [-0.1, -0.05) is 18.1 Å². The molecule has 1 aromatic carbocycles. The number of ether oxygens (including phenoxy) is 1. The van der Waals surface area contributed by atoms with E-state index in [4.69, 9.17) is 9.26 Å². The lowest BCUT2D eigenvalue weighted by atomic mass is 10.2. The largest absolute Gasteiger partial charge is 0.481 e. The van der Waals surface area contributed by atoms with Gasteiger partial charge in [0.2, 0.25) is 0 Å². The molecule has 0 amide bonds. The molecule has 0 atom stereocenters. The summed E-state index contributed by atoms with van der Waals surface area (Å²) in [7, 11) is 0. The normalized spacial score (nSPS) is 14.4. The number of hydrogen-bond acceptors (Lipinski definition) is 5. The fraction of sp³-hybridized carbons (Fsp3) is 0.467. The Balaban J connectivity index is 1.56. The van der Waals surface area contributed by atoms with Crippen LogP contribution in [0.4, 0.5) is 4.39 Å². The predicted molar refractivity (Wildman–Crippen MR) is 74.3 cm³/mol. The van der Waals surface area contributed by atoms with Gasteiger partial charge in [-0.15, -0.1) is 0 Å². The van der Waals surface area contributed by atoms with Gasteiger partial charge in [0.05, 0.1) is 0 Å². The monoisotopic (exact) mass is 291 g/mol. The van der Waals surface area contributed by atoms with Crippen LogP contribution in [0.1, 0.15) is 37.0 Å². The third-order valence-corrected chi connectivity index (χ3v) is 3.35. The number of benzene rings is 1. The Labute approximate surface area is 122 Å². The summed E-state index contributed by atoms with van der Waals surface area (Å²) in [6, 6.07) is 5.60. The zero-order valence-electron chi connectivity index (χ0n) is 11.9. The molecule has 21 heavy (non-hydrogen) atoms. The average molecular weight is 291 g/mol. The summed E-state index contributed by atoms with van der Waals surface area (Å²) < 4.78 is 24.3. The van der Waals surface area contributed by atoms with Gasteiger partial charge in [-0.3, -0.25) is 0 Å². The zero-order valence-corrected chi connectivity index (χ0v) is 11.9. The number of halogens is 1. The van der Waals surface area contributed by atoms with Crippen LogP contribution in [0.5, 0.6) is 5.75 Å². The number of hydrogen-bond donors (Lipinski definition) is 1. The van der Waals surface area contributed by atoms with Gasteiger partial charge in [-0.05, 0) is 30.5 Å². The molecule has 0 saturated heterocycles. The molecular weight excluding hydrogens is 273 g/mol. The van der Waals surface area contributed by atoms with Gasteiger partial charge in [0, 0.05) is 19.0 Å². The lowest BCUT2D eigenvalue weighted by Crippen LogP contribution is -2.15. The van der Waals surface area contributed by atoms with E-state index >= 15 is 0 Å². The molecule has 1 saturated carbocycles. The van der Waals surface area contributed by atoms with Crippen LogP contribution in [-0.2, 0) is 19.6 Å². The molecule has 1 aliphatic carbocycles. The van der Waals surface area contributed by atoms with Crippen LogP contribution in [0.25, 0.3) is 0 Å². The molecule has 1 N–H and O–H groups in total. The van der Waals surface area contributed by atoms with Crippen LogP contribution in [0.3, 0.4) is 0 Å². The summed E-state index contributed by atoms with van der Waals surface area (Å²) in [6.07, 6.45) is 3.13. The molecule has 5 nitrogen and oxygen atoms in total. The highest BCUT2D eigenvalue weighted by atomic mass is 19.1. The topological polar surface area (TPSA) is 60.2 Å². The Morgan fingerprint density at radius 1 is 1.43 bits per heavy atom. The maximum atomic E-state index is 13.9. The molecule has 0 radical (unpaired) electrons. The van der Waals surface area contributed by atoms with Crippen LogP contribution in [0.15, 0.2) is 22.7 Å². The van der Waals surface area contributed by atoms with Crippen LogP contribution in [-0.4, -0.2) is 16.2 Å². The van der Waals surface area contributed by atoms with Gasteiger partial charge < -0.3 is 14.6 Å². The maximum absolute atomic E-state index is 13.9.